The molecule has 9 nitrogen and oxygen atoms in total. The summed E-state index contributed by atoms with van der Waals surface area (Å²) in [6, 6.07) is 69.6. The largest absolute Gasteiger partial charge is 0.482 e. The Bertz CT molecular complexity index is 4460. The van der Waals surface area contributed by atoms with E-state index in [2.05, 4.69) is 129 Å². The summed E-state index contributed by atoms with van der Waals surface area (Å²) in [5, 5.41) is 15.0. The van der Waals surface area contributed by atoms with Crippen LogP contribution in [0.5, 0.6) is 5.75 Å². The topological polar surface area (TPSA) is 66.0 Å². The Morgan fingerprint density at radius 1 is 0.414 bits per heavy atom. The molecule has 0 bridgehead atoms. The molecule has 3 saturated heterocycles. The number of carboxylic acid groups (broad SMARTS) is 1. The van der Waals surface area contributed by atoms with Gasteiger partial charge in [0.15, 0.2) is 6.61 Å². The number of hydrogen-bond donors (Lipinski definition) is 1. The second-order valence-corrected chi connectivity index (χ2v) is 29.6. The Morgan fingerprint density at radius 2 is 0.818 bits per heavy atom. The van der Waals surface area contributed by atoms with E-state index < -0.39 is 5.97 Å². The van der Waals surface area contributed by atoms with Crippen LogP contribution in [0.3, 0.4) is 0 Å². The van der Waals surface area contributed by atoms with Crippen LogP contribution >= 0.6 is 104 Å². The third kappa shape index (κ3) is 18.0. The zero-order chi connectivity index (χ0) is 69.4. The molecule has 0 aromatic heterocycles. The van der Waals surface area contributed by atoms with Gasteiger partial charge in [0, 0.05) is 114 Å². The number of hydrogen-bond acceptors (Lipinski definition) is 8. The Morgan fingerprint density at radius 3 is 1.27 bits per heavy atom. The lowest BCUT2D eigenvalue weighted by atomic mass is 9.97. The first-order valence-electron chi connectivity index (χ1n) is 33.0. The highest BCUT2D eigenvalue weighted by molar-refractivity contribution is 6.38. The molecule has 14 rings (SSSR count). The van der Waals surface area contributed by atoms with Gasteiger partial charge in [-0.2, -0.15) is 0 Å². The predicted octanol–water partition coefficient (Wildman–Crippen LogP) is 22.1. The van der Waals surface area contributed by atoms with Gasteiger partial charge in [-0.1, -0.05) is 219 Å². The van der Waals surface area contributed by atoms with Gasteiger partial charge in [0.05, 0.1) is 50.3 Å². The number of para-hydroxylation sites is 1. The molecule has 0 spiro atoms. The Balaban J connectivity index is 0.000000141. The van der Waals surface area contributed by atoms with E-state index in [1.54, 1.807) is 12.1 Å². The molecule has 1 aliphatic carbocycles. The normalized spacial score (nSPS) is 17.1. The molecule has 3 atom stereocenters. The SMILES string of the molecule is Cc1cc(C)c(CN2CCN(c3ccc(Cl)cc3Cl)C(c3ccc(Cl)cc3)C2)c(C)c1.Clc1ccc(C2CN(Cc3ccc4c(c3)Cc3ccccc3-4)CCN2c2ccc(Cl)cc2Cl)cc1.O=C(O)COc1ccccc1CN1CCN(c2ccc(Cl)cc2Cl)C(c2ccc(Cl)cc2)C1. The number of halogens is 9. The summed E-state index contributed by atoms with van der Waals surface area (Å²) >= 11 is 56.8. The van der Waals surface area contributed by atoms with Crippen molar-refractivity contribution in [3.63, 3.8) is 0 Å². The summed E-state index contributed by atoms with van der Waals surface area (Å²) in [5.74, 6) is -0.410. The fourth-order valence-electron chi connectivity index (χ4n) is 14.3. The van der Waals surface area contributed by atoms with E-state index in [-0.39, 0.29) is 24.7 Å². The van der Waals surface area contributed by atoms with Crippen molar-refractivity contribution in [2.75, 3.05) is 80.2 Å². The van der Waals surface area contributed by atoms with Crippen molar-refractivity contribution in [2.45, 2.75) is 65.0 Å². The van der Waals surface area contributed by atoms with Crippen LogP contribution in [0.1, 0.15) is 79.3 Å². The van der Waals surface area contributed by atoms with Crippen LogP contribution < -0.4 is 19.4 Å². The zero-order valence-corrected chi connectivity index (χ0v) is 61.9. The summed E-state index contributed by atoms with van der Waals surface area (Å²) in [6.07, 6.45) is 1.02. The van der Waals surface area contributed by atoms with Crippen molar-refractivity contribution < 1.29 is 14.6 Å². The number of nitrogens with zero attached hydrogens (tertiary/aromatic N) is 6. The van der Waals surface area contributed by atoms with Crippen LogP contribution in [-0.2, 0) is 30.8 Å². The van der Waals surface area contributed by atoms with Gasteiger partial charge in [-0.05, 0) is 185 Å². The molecule has 0 radical (unpaired) electrons. The van der Waals surface area contributed by atoms with Crippen LogP contribution in [0, 0.1) is 20.8 Å². The lowest BCUT2D eigenvalue weighted by molar-refractivity contribution is -0.139. The molecule has 18 heteroatoms. The lowest BCUT2D eigenvalue weighted by Gasteiger charge is -2.43. The highest BCUT2D eigenvalue weighted by Gasteiger charge is 2.34. The van der Waals surface area contributed by atoms with E-state index in [4.69, 9.17) is 114 Å². The van der Waals surface area contributed by atoms with Gasteiger partial charge in [0.2, 0.25) is 0 Å². The maximum Gasteiger partial charge on any atom is 0.341 e. The number of carbonyl (C=O) groups is 1. The molecule has 99 heavy (non-hydrogen) atoms. The van der Waals surface area contributed by atoms with Crippen LogP contribution in [0.4, 0.5) is 17.1 Å². The summed E-state index contributed by atoms with van der Waals surface area (Å²) in [7, 11) is 0. The molecule has 3 aliphatic heterocycles. The van der Waals surface area contributed by atoms with Crippen molar-refractivity contribution in [1.29, 1.82) is 0 Å². The highest BCUT2D eigenvalue weighted by atomic mass is 35.5. The molecule has 3 heterocycles. The van der Waals surface area contributed by atoms with Crippen LogP contribution in [0.15, 0.2) is 206 Å². The zero-order valence-electron chi connectivity index (χ0n) is 55.1. The van der Waals surface area contributed by atoms with Gasteiger partial charge in [0.25, 0.3) is 0 Å². The molecule has 0 amide bonds. The van der Waals surface area contributed by atoms with Crippen LogP contribution in [-0.4, -0.2) is 91.3 Å². The summed E-state index contributed by atoms with van der Waals surface area (Å²) in [6.45, 7) is 16.6. The van der Waals surface area contributed by atoms with Crippen LogP contribution in [0.25, 0.3) is 11.1 Å². The minimum atomic E-state index is -0.999. The minimum absolute atomic E-state index is 0.0433. The monoisotopic (exact) mass is 1490 g/mol. The number of fused-ring (bicyclic) bond motifs is 3. The van der Waals surface area contributed by atoms with Gasteiger partial charge in [0.1, 0.15) is 5.75 Å². The van der Waals surface area contributed by atoms with Crippen molar-refractivity contribution in [1.82, 2.24) is 14.7 Å². The number of anilines is 3. The number of benzene rings is 10. The first-order valence-corrected chi connectivity index (χ1v) is 36.5. The quantitative estimate of drug-likeness (QED) is 0.108. The van der Waals surface area contributed by atoms with Crippen molar-refractivity contribution >= 4 is 127 Å². The van der Waals surface area contributed by atoms with E-state index in [1.807, 2.05) is 115 Å². The van der Waals surface area contributed by atoms with Gasteiger partial charge < -0.3 is 24.5 Å². The summed E-state index contributed by atoms with van der Waals surface area (Å²) in [5.41, 5.74) is 20.0. The van der Waals surface area contributed by atoms with Crippen molar-refractivity contribution in [2.24, 2.45) is 0 Å². The number of ether oxygens (including phenoxy) is 1. The molecule has 10 aromatic carbocycles. The minimum Gasteiger partial charge on any atom is -0.482 e. The van der Waals surface area contributed by atoms with E-state index >= 15 is 0 Å². The van der Waals surface area contributed by atoms with Crippen LogP contribution in [0.2, 0.25) is 45.2 Å². The van der Waals surface area contributed by atoms with Gasteiger partial charge in [-0.15, -0.1) is 0 Å². The number of carboxylic acids is 1. The van der Waals surface area contributed by atoms with Gasteiger partial charge >= 0.3 is 5.97 Å². The Kier molecular flexibility index (Phi) is 24.0. The van der Waals surface area contributed by atoms with Crippen molar-refractivity contribution in [3.05, 3.63) is 313 Å². The molecule has 4 aliphatic rings. The maximum absolute atomic E-state index is 10.9. The first-order chi connectivity index (χ1) is 47.8. The predicted molar refractivity (Wildman–Crippen MR) is 415 cm³/mol. The average Bonchev–Trinajstić information content (AvgIpc) is 1.49. The third-order valence-electron chi connectivity index (χ3n) is 19.0. The molecule has 1 N–H and O–H groups in total. The second-order valence-electron chi connectivity index (χ2n) is 25.8. The second kappa shape index (κ2) is 33.0. The molecule has 10 aromatic rings. The number of aliphatic carboxylic acids is 1. The molecular weight excluding hydrogens is 1420 g/mol. The molecule has 3 unspecified atom stereocenters. The summed E-state index contributed by atoms with van der Waals surface area (Å²) < 4.78 is 5.50. The smallest absolute Gasteiger partial charge is 0.341 e. The Hall–Kier alpha value is -6.64. The fraction of sp³-hybridized carbons (Fsp3) is 0.247. The third-order valence-corrected chi connectivity index (χ3v) is 21.4. The molecule has 0 saturated carbocycles. The van der Waals surface area contributed by atoms with Gasteiger partial charge in [-0.25, -0.2) is 4.79 Å². The van der Waals surface area contributed by atoms with E-state index in [1.165, 1.54) is 61.2 Å². The van der Waals surface area contributed by atoms with Crippen molar-refractivity contribution in [3.8, 4) is 16.9 Å². The number of piperazine rings is 3. The highest BCUT2D eigenvalue weighted by Crippen LogP contribution is 2.43. The lowest BCUT2D eigenvalue weighted by Crippen LogP contribution is -2.48. The molecule has 510 valence electrons. The first kappa shape index (κ1) is 72.2. The maximum atomic E-state index is 10.9. The number of aryl methyl sites for hydroxylation is 3. The van der Waals surface area contributed by atoms with Gasteiger partial charge in [-0.3, -0.25) is 14.7 Å². The fourth-order valence-corrected chi connectivity index (χ4v) is 16.2. The average molecular weight is 1500 g/mol. The van der Waals surface area contributed by atoms with E-state index in [9.17, 15) is 4.79 Å². The Labute approximate surface area is 626 Å². The molecule has 3 fully saturated rings. The molecular formula is C81H75Cl9N6O3. The number of rotatable bonds is 15. The standard InChI is InChI=1S/C30H25Cl3N2.C26H27Cl3N2.C25H23Cl3N2O3/c31-24-8-6-21(7-9-24)30-19-34(13-14-35(30)29-12-10-25(32)17-28(29)33)18-20-5-11-27-23(15-20)16-22-3-1-2-4-26(22)27;1-17-12-18(2)23(19(3)13-17)15-30-10-11-31(25-9-8-22(28)14-24(25)29)26(16-30)20-4-6-21(27)7-5-20;26-19-7-5-17(6-8-19)23-15-29(11-12-30(23)22-10-9-20(27)13-21(22)28)14-18-3-1-2-4-24(18)33-16-25(31)32/h1-12,15,17,30H,13-14,16,18-19H2;4-9,12-14,26H,10-11,15-16H2,1-3H3;1-10,13,23H,11-12,14-16H2,(H,31,32). The summed E-state index contributed by atoms with van der Waals surface area (Å²) in [4.78, 5) is 25.5. The van der Waals surface area contributed by atoms with E-state index in [0.717, 1.165) is 117 Å². The van der Waals surface area contributed by atoms with E-state index in [0.29, 0.717) is 47.5 Å².